The molecule has 6 nitrogen and oxygen atoms in total. The van der Waals surface area contributed by atoms with Crippen molar-refractivity contribution >= 4 is 23.6 Å². The molecule has 2 aromatic carbocycles. The van der Waals surface area contributed by atoms with Crippen LogP contribution in [0, 0.1) is 0 Å². The molecule has 0 atom stereocenters. The van der Waals surface area contributed by atoms with Crippen molar-refractivity contribution < 1.29 is 23.8 Å². The molecule has 0 aliphatic rings. The van der Waals surface area contributed by atoms with Crippen LogP contribution in [0.3, 0.4) is 0 Å². The number of carbonyl (C=O) groups is 2. The number of carbonyl (C=O) groups excluding carboxylic acids is 2. The van der Waals surface area contributed by atoms with E-state index in [1.807, 2.05) is 6.07 Å². The van der Waals surface area contributed by atoms with Crippen molar-refractivity contribution in [3.8, 4) is 11.5 Å². The van der Waals surface area contributed by atoms with Crippen LogP contribution >= 0.6 is 0 Å². The van der Waals surface area contributed by atoms with Crippen LogP contribution in [0.15, 0.2) is 48.5 Å². The molecular weight excluding hydrogens is 370 g/mol. The monoisotopic (exact) mass is 397 g/mol. The fourth-order valence-electron chi connectivity index (χ4n) is 2.60. The highest BCUT2D eigenvalue weighted by Gasteiger charge is 2.07. The van der Waals surface area contributed by atoms with Gasteiger partial charge in [0.2, 0.25) is 5.91 Å². The van der Waals surface area contributed by atoms with Crippen LogP contribution in [-0.2, 0) is 9.53 Å². The number of hydrogen-bond acceptors (Lipinski definition) is 5. The largest absolute Gasteiger partial charge is 0.493 e. The second-order valence-corrected chi connectivity index (χ2v) is 6.36. The van der Waals surface area contributed by atoms with Gasteiger partial charge in [-0.15, -0.1) is 0 Å². The lowest BCUT2D eigenvalue weighted by Gasteiger charge is -2.08. The van der Waals surface area contributed by atoms with E-state index in [4.69, 9.17) is 14.2 Å². The first-order chi connectivity index (χ1) is 14.1. The van der Waals surface area contributed by atoms with Gasteiger partial charge in [-0.25, -0.2) is 4.79 Å². The fourth-order valence-corrected chi connectivity index (χ4v) is 2.60. The van der Waals surface area contributed by atoms with Crippen molar-refractivity contribution in [3.63, 3.8) is 0 Å². The van der Waals surface area contributed by atoms with Gasteiger partial charge in [-0.2, -0.15) is 0 Å². The normalized spacial score (nSPS) is 10.6. The molecule has 0 spiro atoms. The predicted octanol–water partition coefficient (Wildman–Crippen LogP) is 4.70. The van der Waals surface area contributed by atoms with Gasteiger partial charge in [-0.05, 0) is 54.5 Å². The van der Waals surface area contributed by atoms with Crippen LogP contribution in [0.2, 0.25) is 0 Å². The van der Waals surface area contributed by atoms with E-state index in [1.165, 1.54) is 6.08 Å². The summed E-state index contributed by atoms with van der Waals surface area (Å²) in [4.78, 5) is 24.1. The van der Waals surface area contributed by atoms with Crippen molar-refractivity contribution in [1.82, 2.24) is 0 Å². The number of benzene rings is 2. The predicted molar refractivity (Wildman–Crippen MR) is 113 cm³/mol. The Morgan fingerprint density at radius 1 is 0.966 bits per heavy atom. The summed E-state index contributed by atoms with van der Waals surface area (Å²) >= 11 is 0. The number of esters is 1. The molecule has 29 heavy (non-hydrogen) atoms. The Bertz CT molecular complexity index is 843. The maximum Gasteiger partial charge on any atom is 0.338 e. The third-order valence-corrected chi connectivity index (χ3v) is 4.20. The molecule has 0 aliphatic carbocycles. The second kappa shape index (κ2) is 11.5. The molecule has 0 aromatic heterocycles. The van der Waals surface area contributed by atoms with Crippen molar-refractivity contribution in [2.75, 3.05) is 26.1 Å². The van der Waals surface area contributed by atoms with Crippen LogP contribution in [-0.4, -0.2) is 32.7 Å². The van der Waals surface area contributed by atoms with E-state index in [-0.39, 0.29) is 11.9 Å². The maximum atomic E-state index is 12.1. The first-order valence-corrected chi connectivity index (χ1v) is 9.55. The first-order valence-electron chi connectivity index (χ1n) is 9.55. The molecule has 0 saturated heterocycles. The molecule has 0 radical (unpaired) electrons. The third-order valence-electron chi connectivity index (χ3n) is 4.20. The molecule has 0 fully saturated rings. The molecule has 1 amide bonds. The number of methoxy groups -OCH3 is 2. The SMILES string of the molecule is CCCCCOC(=O)c1ccc(NC(=O)C=Cc2ccc(OC)c(OC)c2)cc1. The average Bonchev–Trinajstić information content (AvgIpc) is 2.75. The lowest BCUT2D eigenvalue weighted by atomic mass is 10.2. The van der Waals surface area contributed by atoms with Crippen molar-refractivity contribution in [1.29, 1.82) is 0 Å². The number of amides is 1. The lowest BCUT2D eigenvalue weighted by molar-refractivity contribution is -0.111. The zero-order valence-corrected chi connectivity index (χ0v) is 17.1. The van der Waals surface area contributed by atoms with Gasteiger partial charge in [0.15, 0.2) is 11.5 Å². The Morgan fingerprint density at radius 2 is 1.69 bits per heavy atom. The minimum Gasteiger partial charge on any atom is -0.493 e. The van der Waals surface area contributed by atoms with Crippen molar-refractivity contribution in [2.24, 2.45) is 0 Å². The minimum atomic E-state index is -0.354. The van der Waals surface area contributed by atoms with Gasteiger partial charge in [-0.3, -0.25) is 4.79 Å². The minimum absolute atomic E-state index is 0.283. The molecule has 0 bridgehead atoms. The van der Waals surface area contributed by atoms with E-state index < -0.39 is 0 Å². The number of nitrogens with one attached hydrogen (secondary N) is 1. The van der Waals surface area contributed by atoms with Crippen LogP contribution in [0.1, 0.15) is 42.1 Å². The van der Waals surface area contributed by atoms with Gasteiger partial charge in [0.1, 0.15) is 0 Å². The van der Waals surface area contributed by atoms with Crippen molar-refractivity contribution in [2.45, 2.75) is 26.2 Å². The van der Waals surface area contributed by atoms with Gasteiger partial charge in [0.25, 0.3) is 0 Å². The Balaban J connectivity index is 1.90. The van der Waals surface area contributed by atoms with E-state index >= 15 is 0 Å². The molecular formula is C23H27NO5. The van der Waals surface area contributed by atoms with E-state index in [1.54, 1.807) is 56.7 Å². The van der Waals surface area contributed by atoms with E-state index in [2.05, 4.69) is 12.2 Å². The summed E-state index contributed by atoms with van der Waals surface area (Å²) in [5.41, 5.74) is 1.86. The zero-order valence-electron chi connectivity index (χ0n) is 17.1. The zero-order chi connectivity index (χ0) is 21.1. The summed E-state index contributed by atoms with van der Waals surface area (Å²) in [5.74, 6) is 0.576. The summed E-state index contributed by atoms with van der Waals surface area (Å²) < 4.78 is 15.7. The summed E-state index contributed by atoms with van der Waals surface area (Å²) in [5, 5.41) is 2.76. The number of rotatable bonds is 10. The number of anilines is 1. The van der Waals surface area contributed by atoms with Gasteiger partial charge in [0.05, 0.1) is 26.4 Å². The summed E-state index contributed by atoms with van der Waals surface area (Å²) in [7, 11) is 3.13. The lowest BCUT2D eigenvalue weighted by Crippen LogP contribution is -2.09. The fraction of sp³-hybridized carbons (Fsp3) is 0.304. The van der Waals surface area contributed by atoms with E-state index in [0.29, 0.717) is 29.4 Å². The standard InChI is InChI=1S/C23H27NO5/c1-4-5-6-15-29-23(26)18-9-11-19(12-10-18)24-22(25)14-8-17-7-13-20(27-2)21(16-17)28-3/h7-14,16H,4-6,15H2,1-3H3,(H,24,25). The van der Waals surface area contributed by atoms with Crippen LogP contribution in [0.5, 0.6) is 11.5 Å². The Kier molecular flexibility index (Phi) is 8.76. The Labute approximate surface area is 171 Å². The van der Waals surface area contributed by atoms with Crippen LogP contribution in [0.4, 0.5) is 5.69 Å². The van der Waals surface area contributed by atoms with Gasteiger partial charge >= 0.3 is 5.97 Å². The smallest absolute Gasteiger partial charge is 0.338 e. The molecule has 6 heteroatoms. The van der Waals surface area contributed by atoms with Crippen LogP contribution < -0.4 is 14.8 Å². The molecule has 1 N–H and O–H groups in total. The second-order valence-electron chi connectivity index (χ2n) is 6.36. The van der Waals surface area contributed by atoms with Gasteiger partial charge in [-0.1, -0.05) is 25.8 Å². The highest BCUT2D eigenvalue weighted by molar-refractivity contribution is 6.02. The first kappa shape index (κ1) is 22.0. The molecule has 0 unspecified atom stereocenters. The van der Waals surface area contributed by atoms with E-state index in [9.17, 15) is 9.59 Å². The Morgan fingerprint density at radius 3 is 2.34 bits per heavy atom. The molecule has 0 heterocycles. The Hall–Kier alpha value is -3.28. The van der Waals surface area contributed by atoms with Gasteiger partial charge < -0.3 is 19.5 Å². The number of ether oxygens (including phenoxy) is 3. The molecule has 154 valence electrons. The summed E-state index contributed by atoms with van der Waals surface area (Å²) in [6, 6.07) is 12.0. The van der Waals surface area contributed by atoms with E-state index in [0.717, 1.165) is 24.8 Å². The molecule has 0 saturated carbocycles. The van der Waals surface area contributed by atoms with Gasteiger partial charge in [0, 0.05) is 11.8 Å². The highest BCUT2D eigenvalue weighted by atomic mass is 16.5. The molecule has 2 aromatic rings. The summed E-state index contributed by atoms with van der Waals surface area (Å²) in [6.07, 6.45) is 6.08. The number of hydrogen-bond donors (Lipinski definition) is 1. The third kappa shape index (κ3) is 6.99. The quantitative estimate of drug-likeness (QED) is 0.357. The van der Waals surface area contributed by atoms with Crippen molar-refractivity contribution in [3.05, 3.63) is 59.7 Å². The summed E-state index contributed by atoms with van der Waals surface area (Å²) in [6.45, 7) is 2.52. The van der Waals surface area contributed by atoms with Crippen LogP contribution in [0.25, 0.3) is 6.08 Å². The highest BCUT2D eigenvalue weighted by Crippen LogP contribution is 2.28. The average molecular weight is 397 g/mol. The maximum absolute atomic E-state index is 12.1. The topological polar surface area (TPSA) is 73.9 Å². The molecule has 0 aliphatic heterocycles. The number of unbranched alkanes of at least 4 members (excludes halogenated alkanes) is 2. The molecule has 2 rings (SSSR count).